The third-order valence-electron chi connectivity index (χ3n) is 3.91. The maximum Gasteiger partial charge on any atom is 0.336 e. The summed E-state index contributed by atoms with van der Waals surface area (Å²) >= 11 is 1.31. The van der Waals surface area contributed by atoms with Gasteiger partial charge in [-0.25, -0.2) is 4.79 Å². The van der Waals surface area contributed by atoms with Gasteiger partial charge >= 0.3 is 5.63 Å². The number of para-hydroxylation sites is 1. The zero-order valence-electron chi connectivity index (χ0n) is 14.2. The van der Waals surface area contributed by atoms with Crippen molar-refractivity contribution < 1.29 is 18.7 Å². The smallest absolute Gasteiger partial charge is 0.336 e. The number of ether oxygens (including phenoxy) is 1. The molecule has 2 aromatic carbocycles. The van der Waals surface area contributed by atoms with Gasteiger partial charge in [-0.05, 0) is 29.8 Å². The Morgan fingerprint density at radius 1 is 1.11 bits per heavy atom. The Balaban J connectivity index is 1.59. The van der Waals surface area contributed by atoms with Crippen LogP contribution in [0.5, 0.6) is 11.5 Å². The first-order valence-corrected chi connectivity index (χ1v) is 8.98. The third-order valence-corrected chi connectivity index (χ3v) is 4.78. The molecule has 0 unspecified atom stereocenters. The van der Waals surface area contributed by atoms with Crippen molar-refractivity contribution in [3.63, 3.8) is 0 Å². The molecule has 0 spiro atoms. The Hall–Kier alpha value is -3.26. The van der Waals surface area contributed by atoms with Gasteiger partial charge in [0, 0.05) is 23.3 Å². The molecule has 0 saturated heterocycles. The maximum absolute atomic E-state index is 11.8. The number of benzene rings is 2. The summed E-state index contributed by atoms with van der Waals surface area (Å²) < 4.78 is 16.2. The van der Waals surface area contributed by atoms with E-state index in [9.17, 15) is 9.90 Å². The second kappa shape index (κ2) is 7.16. The van der Waals surface area contributed by atoms with E-state index in [0.29, 0.717) is 33.8 Å². The van der Waals surface area contributed by atoms with Crippen LogP contribution in [0.4, 0.5) is 0 Å². The fraction of sp³-hybridized carbons (Fsp3) is 0.105. The SMILES string of the molecule is COc1ccccc1-c1nnc(SCc2cc(=O)oc3cc(O)ccc23)o1. The highest BCUT2D eigenvalue weighted by atomic mass is 32.2. The van der Waals surface area contributed by atoms with Gasteiger partial charge in [0.2, 0.25) is 0 Å². The van der Waals surface area contributed by atoms with Crippen molar-refractivity contribution in [3.05, 3.63) is 64.5 Å². The highest BCUT2D eigenvalue weighted by Gasteiger charge is 2.14. The molecule has 8 heteroatoms. The first kappa shape index (κ1) is 17.2. The van der Waals surface area contributed by atoms with Crippen LogP contribution in [0.3, 0.4) is 0 Å². The molecule has 0 fully saturated rings. The van der Waals surface area contributed by atoms with Crippen molar-refractivity contribution in [1.29, 1.82) is 0 Å². The molecule has 4 aromatic rings. The van der Waals surface area contributed by atoms with Crippen molar-refractivity contribution in [1.82, 2.24) is 10.2 Å². The number of hydrogen-bond donors (Lipinski definition) is 1. The lowest BCUT2D eigenvalue weighted by atomic mass is 10.1. The van der Waals surface area contributed by atoms with Gasteiger partial charge in [0.1, 0.15) is 17.1 Å². The summed E-state index contributed by atoms with van der Waals surface area (Å²) in [5.41, 5.74) is 1.31. The number of phenols is 1. The monoisotopic (exact) mass is 382 g/mol. The normalized spacial score (nSPS) is 11.0. The Labute approximate surface area is 157 Å². The number of aromatic hydroxyl groups is 1. The van der Waals surface area contributed by atoms with Crippen LogP contribution in [-0.4, -0.2) is 22.4 Å². The molecule has 0 radical (unpaired) electrons. The lowest BCUT2D eigenvalue weighted by molar-refractivity contribution is 0.411. The highest BCUT2D eigenvalue weighted by Crippen LogP contribution is 2.32. The Bertz CT molecular complexity index is 1170. The zero-order chi connectivity index (χ0) is 18.8. The summed E-state index contributed by atoms with van der Waals surface area (Å²) in [6.45, 7) is 0. The Morgan fingerprint density at radius 3 is 2.81 bits per heavy atom. The summed E-state index contributed by atoms with van der Waals surface area (Å²) in [7, 11) is 1.58. The van der Waals surface area contributed by atoms with Crippen LogP contribution < -0.4 is 10.4 Å². The molecule has 0 aliphatic rings. The molecular formula is C19H14N2O5S. The first-order chi connectivity index (χ1) is 13.1. The minimum absolute atomic E-state index is 0.0359. The van der Waals surface area contributed by atoms with Crippen LogP contribution in [0.1, 0.15) is 5.56 Å². The van der Waals surface area contributed by atoms with E-state index in [1.54, 1.807) is 19.2 Å². The molecule has 7 nitrogen and oxygen atoms in total. The lowest BCUT2D eigenvalue weighted by Crippen LogP contribution is -1.99. The van der Waals surface area contributed by atoms with E-state index in [1.165, 1.54) is 23.9 Å². The maximum atomic E-state index is 11.8. The minimum atomic E-state index is -0.482. The molecule has 1 N–H and O–H groups in total. The first-order valence-electron chi connectivity index (χ1n) is 7.99. The Kier molecular flexibility index (Phi) is 4.55. The quantitative estimate of drug-likeness (QED) is 0.410. The largest absolute Gasteiger partial charge is 0.508 e. The van der Waals surface area contributed by atoms with Gasteiger partial charge in [0.05, 0.1) is 12.7 Å². The van der Waals surface area contributed by atoms with Crippen LogP contribution in [0.2, 0.25) is 0 Å². The standard InChI is InChI=1S/C19H14N2O5S/c1-24-15-5-3-2-4-14(15)18-20-21-19(26-18)27-10-11-8-17(23)25-16-9-12(22)6-7-13(11)16/h2-9,22H,10H2,1H3. The second-order valence-electron chi connectivity index (χ2n) is 5.63. The molecule has 0 aliphatic heterocycles. The molecule has 0 atom stereocenters. The molecule has 27 heavy (non-hydrogen) atoms. The van der Waals surface area contributed by atoms with E-state index in [4.69, 9.17) is 13.6 Å². The van der Waals surface area contributed by atoms with Crippen LogP contribution in [0.25, 0.3) is 22.4 Å². The summed E-state index contributed by atoms with van der Waals surface area (Å²) in [6, 6.07) is 13.5. The summed E-state index contributed by atoms with van der Waals surface area (Å²) in [4.78, 5) is 11.8. The number of rotatable bonds is 5. The molecule has 2 aromatic heterocycles. The number of methoxy groups -OCH3 is 1. The van der Waals surface area contributed by atoms with Crippen molar-refractivity contribution in [2.45, 2.75) is 11.0 Å². The molecule has 4 rings (SSSR count). The van der Waals surface area contributed by atoms with E-state index < -0.39 is 5.63 Å². The predicted molar refractivity (Wildman–Crippen MR) is 100.0 cm³/mol. The van der Waals surface area contributed by atoms with E-state index in [0.717, 1.165) is 10.9 Å². The Morgan fingerprint density at radius 2 is 1.96 bits per heavy atom. The summed E-state index contributed by atoms with van der Waals surface area (Å²) in [5.74, 6) is 1.47. The average molecular weight is 382 g/mol. The van der Waals surface area contributed by atoms with E-state index in [2.05, 4.69) is 10.2 Å². The molecular weight excluding hydrogens is 368 g/mol. The van der Waals surface area contributed by atoms with Crippen molar-refractivity contribution in [3.8, 4) is 23.0 Å². The topological polar surface area (TPSA) is 98.6 Å². The van der Waals surface area contributed by atoms with Crippen molar-refractivity contribution >= 4 is 22.7 Å². The predicted octanol–water partition coefficient (Wildman–Crippen LogP) is 3.85. The highest BCUT2D eigenvalue weighted by molar-refractivity contribution is 7.98. The van der Waals surface area contributed by atoms with Gasteiger partial charge in [0.15, 0.2) is 0 Å². The zero-order valence-corrected chi connectivity index (χ0v) is 15.0. The number of thioether (sulfide) groups is 1. The number of aromatic nitrogens is 2. The van der Waals surface area contributed by atoms with E-state index in [-0.39, 0.29) is 5.75 Å². The van der Waals surface area contributed by atoms with Gasteiger partial charge in [-0.1, -0.05) is 23.9 Å². The number of phenolic OH excluding ortho intramolecular Hbond substituents is 1. The van der Waals surface area contributed by atoms with Crippen LogP contribution in [0.15, 0.2) is 67.4 Å². The molecule has 0 aliphatic carbocycles. The molecule has 136 valence electrons. The molecule has 0 bridgehead atoms. The van der Waals surface area contributed by atoms with Gasteiger partial charge < -0.3 is 18.7 Å². The number of nitrogens with zero attached hydrogens (tertiary/aromatic N) is 2. The van der Waals surface area contributed by atoms with E-state index in [1.807, 2.05) is 24.3 Å². The second-order valence-corrected chi connectivity index (χ2v) is 6.56. The molecule has 0 saturated carbocycles. The fourth-order valence-corrected chi connectivity index (χ4v) is 3.43. The van der Waals surface area contributed by atoms with E-state index >= 15 is 0 Å². The number of fused-ring (bicyclic) bond motifs is 1. The minimum Gasteiger partial charge on any atom is -0.508 e. The summed E-state index contributed by atoms with van der Waals surface area (Å²) in [5, 5.41) is 18.8. The fourth-order valence-electron chi connectivity index (χ4n) is 2.68. The van der Waals surface area contributed by atoms with Gasteiger partial charge in [0.25, 0.3) is 11.1 Å². The van der Waals surface area contributed by atoms with Crippen molar-refractivity contribution in [2.75, 3.05) is 7.11 Å². The van der Waals surface area contributed by atoms with Gasteiger partial charge in [-0.15, -0.1) is 10.2 Å². The summed E-state index contributed by atoms with van der Waals surface area (Å²) in [6.07, 6.45) is 0. The lowest BCUT2D eigenvalue weighted by Gasteiger charge is -2.04. The average Bonchev–Trinajstić information content (AvgIpc) is 3.14. The van der Waals surface area contributed by atoms with Crippen molar-refractivity contribution in [2.24, 2.45) is 0 Å². The van der Waals surface area contributed by atoms with Gasteiger partial charge in [-0.2, -0.15) is 0 Å². The molecule has 2 heterocycles. The number of hydrogen-bond acceptors (Lipinski definition) is 8. The van der Waals surface area contributed by atoms with Crippen LogP contribution in [-0.2, 0) is 5.75 Å². The molecule has 0 amide bonds. The van der Waals surface area contributed by atoms with Gasteiger partial charge in [-0.3, -0.25) is 0 Å². The van der Waals surface area contributed by atoms with Crippen LogP contribution in [0, 0.1) is 0 Å². The third kappa shape index (κ3) is 3.52. The van der Waals surface area contributed by atoms with Crippen LogP contribution >= 0.6 is 11.8 Å².